The van der Waals surface area contributed by atoms with Crippen LogP contribution in [0, 0.1) is 11.3 Å². The molecule has 0 radical (unpaired) electrons. The van der Waals surface area contributed by atoms with E-state index in [1.165, 1.54) is 18.1 Å². The summed E-state index contributed by atoms with van der Waals surface area (Å²) in [4.78, 5) is 43.5. The van der Waals surface area contributed by atoms with E-state index in [1.54, 1.807) is 4.57 Å². The molecule has 0 unspecified atom stereocenters. The minimum Gasteiger partial charge on any atom is -0.361 e. The lowest BCUT2D eigenvalue weighted by Gasteiger charge is -2.28. The van der Waals surface area contributed by atoms with Gasteiger partial charge in [-0.1, -0.05) is 31.8 Å². The summed E-state index contributed by atoms with van der Waals surface area (Å²) < 4.78 is 7.39. The third-order valence-corrected chi connectivity index (χ3v) is 9.02. The number of imide groups is 1. The molecule has 39 heavy (non-hydrogen) atoms. The first-order valence-electron chi connectivity index (χ1n) is 13.5. The molecule has 1 aliphatic carbocycles. The average molecular weight is 548 g/mol. The number of benzene rings is 1. The lowest BCUT2D eigenvalue weighted by atomic mass is 9.85. The van der Waals surface area contributed by atoms with Crippen LogP contribution in [0.3, 0.4) is 0 Å². The minimum atomic E-state index is -1.26. The number of piperidine rings is 1. The number of nitrogens with zero attached hydrogens (tertiary/aromatic N) is 4. The third-order valence-electron chi connectivity index (χ3n) is 7.31. The maximum absolute atomic E-state index is 13.4. The highest BCUT2D eigenvalue weighted by molar-refractivity contribution is 6.76. The summed E-state index contributed by atoms with van der Waals surface area (Å²) in [7, 11) is 0.263. The second-order valence-electron chi connectivity index (χ2n) is 11.6. The number of ether oxygens (including phenoxy) is 1. The molecule has 0 bridgehead atoms. The number of nitriles is 1. The van der Waals surface area contributed by atoms with Crippen LogP contribution in [0.4, 0.5) is 5.69 Å². The lowest BCUT2D eigenvalue weighted by Crippen LogP contribution is -2.39. The molecule has 2 heterocycles. The van der Waals surface area contributed by atoms with Gasteiger partial charge in [-0.3, -0.25) is 19.3 Å². The highest BCUT2D eigenvalue weighted by Gasteiger charge is 2.31. The molecule has 3 amide bonds. The number of allylic oxidation sites excluding steroid dienone is 2. The summed E-state index contributed by atoms with van der Waals surface area (Å²) in [5, 5.41) is 12.4. The smallest absolute Gasteiger partial charge is 0.291 e. The van der Waals surface area contributed by atoms with E-state index in [9.17, 15) is 19.6 Å². The van der Waals surface area contributed by atoms with Gasteiger partial charge in [0.05, 0.1) is 0 Å². The van der Waals surface area contributed by atoms with Crippen molar-refractivity contribution in [3.63, 3.8) is 0 Å². The molecular formula is C29H37N5O4Si. The van der Waals surface area contributed by atoms with Crippen molar-refractivity contribution < 1.29 is 19.1 Å². The Balaban J connectivity index is 1.59. The molecule has 4 rings (SSSR count). The fourth-order valence-corrected chi connectivity index (χ4v) is 5.64. The Hall–Kier alpha value is -3.55. The summed E-state index contributed by atoms with van der Waals surface area (Å²) in [6.07, 6.45) is 8.30. The summed E-state index contributed by atoms with van der Waals surface area (Å²) in [5.41, 5.74) is 3.73. The van der Waals surface area contributed by atoms with Crippen molar-refractivity contribution in [1.29, 1.82) is 5.26 Å². The van der Waals surface area contributed by atoms with Gasteiger partial charge < -0.3 is 14.6 Å². The number of carbonyl (C=O) groups is 3. The molecule has 1 aromatic heterocycles. The summed E-state index contributed by atoms with van der Waals surface area (Å²) in [6.45, 7) is 7.53. The Morgan fingerprint density at radius 2 is 1.95 bits per heavy atom. The monoisotopic (exact) mass is 547 g/mol. The zero-order valence-electron chi connectivity index (χ0n) is 23.2. The van der Waals surface area contributed by atoms with Gasteiger partial charge in [0.2, 0.25) is 17.6 Å². The molecule has 1 aromatic carbocycles. The number of carbonyl (C=O) groups excluding carboxylic acids is 3. The summed E-state index contributed by atoms with van der Waals surface area (Å²) in [6, 6.07) is 8.74. The van der Waals surface area contributed by atoms with E-state index in [2.05, 4.69) is 36.0 Å². The van der Waals surface area contributed by atoms with E-state index < -0.39 is 14.0 Å². The fourth-order valence-electron chi connectivity index (χ4n) is 4.88. The lowest BCUT2D eigenvalue weighted by molar-refractivity contribution is -0.146. The number of likely N-dealkylation sites (tertiary alicyclic amines) is 1. The zero-order chi connectivity index (χ0) is 28.2. The van der Waals surface area contributed by atoms with E-state index >= 15 is 0 Å². The second-order valence-corrected chi connectivity index (χ2v) is 17.2. The number of hydrogen-bond donors (Lipinski definition) is 1. The Bertz CT molecular complexity index is 1320. The van der Waals surface area contributed by atoms with E-state index in [1.807, 2.05) is 24.3 Å². The first-order valence-corrected chi connectivity index (χ1v) is 17.3. The molecule has 1 N–H and O–H groups in total. The predicted octanol–water partition coefficient (Wildman–Crippen LogP) is 5.14. The first-order chi connectivity index (χ1) is 18.6. The van der Waals surface area contributed by atoms with Crippen LogP contribution in [-0.2, 0) is 21.1 Å². The van der Waals surface area contributed by atoms with Crippen molar-refractivity contribution in [3.05, 3.63) is 53.1 Å². The van der Waals surface area contributed by atoms with Crippen LogP contribution in [0.15, 0.2) is 30.5 Å². The molecule has 10 heteroatoms. The van der Waals surface area contributed by atoms with Crippen molar-refractivity contribution in [3.8, 4) is 6.07 Å². The zero-order valence-corrected chi connectivity index (χ0v) is 24.2. The van der Waals surface area contributed by atoms with E-state index in [0.717, 1.165) is 48.4 Å². The fraction of sp³-hybridized carbons (Fsp3) is 0.483. The number of nitrogens with one attached hydrogen (secondary N) is 1. The normalized spacial score (nSPS) is 16.7. The third kappa shape index (κ3) is 7.10. The van der Waals surface area contributed by atoms with Gasteiger partial charge in [-0.05, 0) is 55.0 Å². The largest absolute Gasteiger partial charge is 0.361 e. The molecular weight excluding hydrogens is 510 g/mol. The topological polar surface area (TPSA) is 117 Å². The quantitative estimate of drug-likeness (QED) is 0.264. The van der Waals surface area contributed by atoms with Gasteiger partial charge in [0.25, 0.3) is 5.91 Å². The SMILES string of the molecule is CN1C(=O)CC(c2ccc(NC(=O)c3nc(C#N)cn3COCC[Si](C)(C)C)c(C3=CCCCC3)c2)CC1=O. The molecule has 0 saturated carbocycles. The van der Waals surface area contributed by atoms with Gasteiger partial charge in [-0.2, -0.15) is 5.26 Å². The number of aromatic nitrogens is 2. The van der Waals surface area contributed by atoms with Crippen LogP contribution in [-0.4, -0.2) is 53.9 Å². The molecule has 0 atom stereocenters. The molecule has 2 aromatic rings. The van der Waals surface area contributed by atoms with Crippen LogP contribution >= 0.6 is 0 Å². The molecule has 206 valence electrons. The van der Waals surface area contributed by atoms with Gasteiger partial charge >= 0.3 is 0 Å². The van der Waals surface area contributed by atoms with Crippen molar-refractivity contribution in [1.82, 2.24) is 14.5 Å². The second kappa shape index (κ2) is 12.1. The molecule has 2 aliphatic rings. The van der Waals surface area contributed by atoms with E-state index in [-0.39, 0.29) is 48.8 Å². The Morgan fingerprint density at radius 1 is 1.21 bits per heavy atom. The molecule has 1 fully saturated rings. The highest BCUT2D eigenvalue weighted by Crippen LogP contribution is 2.37. The van der Waals surface area contributed by atoms with Crippen LogP contribution in [0.2, 0.25) is 25.7 Å². The van der Waals surface area contributed by atoms with Crippen molar-refractivity contribution >= 4 is 37.1 Å². The van der Waals surface area contributed by atoms with Gasteiger partial charge in [-0.25, -0.2) is 4.98 Å². The van der Waals surface area contributed by atoms with Crippen LogP contribution in [0.25, 0.3) is 5.57 Å². The van der Waals surface area contributed by atoms with Gasteiger partial charge in [0.1, 0.15) is 12.8 Å². The molecule has 1 aliphatic heterocycles. The average Bonchev–Trinajstić information content (AvgIpc) is 3.33. The van der Waals surface area contributed by atoms with E-state index in [0.29, 0.717) is 12.3 Å². The number of rotatable bonds is 9. The molecule has 1 saturated heterocycles. The maximum Gasteiger partial charge on any atom is 0.291 e. The Labute approximate surface area is 230 Å². The number of anilines is 1. The number of amides is 3. The van der Waals surface area contributed by atoms with Gasteiger partial charge in [0.15, 0.2) is 5.69 Å². The summed E-state index contributed by atoms with van der Waals surface area (Å²) >= 11 is 0. The van der Waals surface area contributed by atoms with Crippen LogP contribution in [0.1, 0.15) is 71.9 Å². The van der Waals surface area contributed by atoms with E-state index in [4.69, 9.17) is 4.74 Å². The first kappa shape index (κ1) is 28.5. The van der Waals surface area contributed by atoms with Crippen molar-refractivity contribution in [2.24, 2.45) is 0 Å². The Kier molecular flexibility index (Phi) is 8.82. The van der Waals surface area contributed by atoms with Gasteiger partial charge in [0, 0.05) is 57.9 Å². The van der Waals surface area contributed by atoms with Gasteiger partial charge in [-0.15, -0.1) is 0 Å². The summed E-state index contributed by atoms with van der Waals surface area (Å²) in [5.74, 6) is -0.878. The standard InChI is InChI=1S/C29H37N5O4Si/c1-33-26(35)15-22(16-27(33)36)21-10-11-25(24(14-21)20-8-6-5-7-9-20)32-29(37)28-31-23(17-30)18-34(28)19-38-12-13-39(2,3)4/h8,10-11,14,18,22H,5-7,9,12-13,15-16,19H2,1-4H3,(H,32,37). The maximum atomic E-state index is 13.4. The minimum absolute atomic E-state index is 0.110. The van der Waals surface area contributed by atoms with Crippen molar-refractivity contribution in [2.45, 2.75) is 76.9 Å². The number of hydrogen-bond acceptors (Lipinski definition) is 6. The van der Waals surface area contributed by atoms with Crippen molar-refractivity contribution in [2.75, 3.05) is 19.0 Å². The Morgan fingerprint density at radius 3 is 2.59 bits per heavy atom. The molecule has 9 nitrogen and oxygen atoms in total. The highest BCUT2D eigenvalue weighted by atomic mass is 28.3. The van der Waals surface area contributed by atoms with Crippen LogP contribution < -0.4 is 5.32 Å². The number of imidazole rings is 1. The molecule has 0 spiro atoms. The van der Waals surface area contributed by atoms with Crippen LogP contribution in [0.5, 0.6) is 0 Å². The predicted molar refractivity (Wildman–Crippen MR) is 152 cm³/mol.